The molecule has 16 nitrogen and oxygen atoms in total. The van der Waals surface area contributed by atoms with Gasteiger partial charge in [-0.1, -0.05) is 68.8 Å². The first-order chi connectivity index (χ1) is 33.4. The van der Waals surface area contributed by atoms with Gasteiger partial charge in [0.15, 0.2) is 5.82 Å². The van der Waals surface area contributed by atoms with Crippen molar-refractivity contribution in [1.29, 1.82) is 0 Å². The number of aliphatic hydroxyl groups is 1. The number of aryl methyl sites for hydroxylation is 3. The molecule has 2 fully saturated rings. The van der Waals surface area contributed by atoms with Gasteiger partial charge in [-0.05, 0) is 74.9 Å². The van der Waals surface area contributed by atoms with Gasteiger partial charge in [-0.25, -0.2) is 4.98 Å². The van der Waals surface area contributed by atoms with Gasteiger partial charge in [0.05, 0.1) is 34.3 Å². The lowest BCUT2D eigenvalue weighted by Crippen LogP contribution is -2.58. The SMILES string of the molecule is Cc1ncsc1-c1ccc(CNC(=O)[C@@H]2C[C@@H](O)CN2C(=O)[C@@H](NC(=O)CCN2CCN(CCCNC(=O)C[C@@H]3N=C(c4ccc(Cl)cc4)c4c(sc(C)c4C)-n4c(C)nnc43)CC2)C(C)(C)C)cc1. The van der Waals surface area contributed by atoms with Crippen molar-refractivity contribution in [3.63, 3.8) is 0 Å². The monoisotopic (exact) mass is 1010 g/mol. The second-order valence-electron chi connectivity index (χ2n) is 19.7. The van der Waals surface area contributed by atoms with E-state index in [4.69, 9.17) is 16.6 Å². The smallest absolute Gasteiger partial charge is 0.246 e. The zero-order chi connectivity index (χ0) is 49.9. The molecule has 372 valence electrons. The summed E-state index contributed by atoms with van der Waals surface area (Å²) in [5, 5.41) is 30.3. The summed E-state index contributed by atoms with van der Waals surface area (Å²) < 4.78 is 2.05. The highest BCUT2D eigenvalue weighted by atomic mass is 35.5. The van der Waals surface area contributed by atoms with Crippen LogP contribution in [0.15, 0.2) is 59.0 Å². The molecule has 6 heterocycles. The van der Waals surface area contributed by atoms with Crippen LogP contribution >= 0.6 is 34.3 Å². The van der Waals surface area contributed by atoms with E-state index in [1.807, 2.05) is 88.7 Å². The number of β-amino-alcohol motifs (C(OH)–C–C–N with tert-alkyl or cyclic N) is 1. The van der Waals surface area contributed by atoms with Gasteiger partial charge in [-0.15, -0.1) is 32.9 Å². The van der Waals surface area contributed by atoms with E-state index < -0.39 is 29.6 Å². The molecule has 0 unspecified atom stereocenters. The van der Waals surface area contributed by atoms with E-state index in [-0.39, 0.29) is 56.0 Å². The highest BCUT2D eigenvalue weighted by Crippen LogP contribution is 2.40. The Labute approximate surface area is 422 Å². The summed E-state index contributed by atoms with van der Waals surface area (Å²) in [6.07, 6.45) is 0.400. The molecule has 0 aliphatic carbocycles. The Balaban J connectivity index is 0.775. The summed E-state index contributed by atoms with van der Waals surface area (Å²) in [6.45, 7) is 19.2. The van der Waals surface area contributed by atoms with Crippen molar-refractivity contribution < 1.29 is 24.3 Å². The van der Waals surface area contributed by atoms with Gasteiger partial charge in [0, 0.05) is 86.2 Å². The van der Waals surface area contributed by atoms with Gasteiger partial charge in [0.25, 0.3) is 0 Å². The lowest BCUT2D eigenvalue weighted by molar-refractivity contribution is -0.144. The first kappa shape index (κ1) is 51.0. The number of halogens is 1. The molecular weight excluding hydrogens is 946 g/mol. The summed E-state index contributed by atoms with van der Waals surface area (Å²) in [5.74, 6) is 0.325. The largest absolute Gasteiger partial charge is 0.391 e. The van der Waals surface area contributed by atoms with E-state index in [1.165, 1.54) is 9.78 Å². The van der Waals surface area contributed by atoms with Crippen LogP contribution in [-0.4, -0.2) is 139 Å². The Morgan fingerprint density at radius 3 is 2.24 bits per heavy atom. The summed E-state index contributed by atoms with van der Waals surface area (Å²) >= 11 is 9.52. The van der Waals surface area contributed by atoms with Crippen LogP contribution in [0.2, 0.25) is 5.02 Å². The van der Waals surface area contributed by atoms with E-state index >= 15 is 0 Å². The first-order valence-electron chi connectivity index (χ1n) is 24.1. The minimum Gasteiger partial charge on any atom is -0.391 e. The number of nitrogens with one attached hydrogen (secondary N) is 3. The van der Waals surface area contributed by atoms with E-state index in [0.717, 1.165) is 94.1 Å². The van der Waals surface area contributed by atoms with Crippen molar-refractivity contribution in [2.75, 3.05) is 52.4 Å². The van der Waals surface area contributed by atoms with Crippen molar-refractivity contribution in [3.8, 4) is 15.4 Å². The Morgan fingerprint density at radius 2 is 1.57 bits per heavy atom. The van der Waals surface area contributed by atoms with Crippen molar-refractivity contribution >= 4 is 63.6 Å². The summed E-state index contributed by atoms with van der Waals surface area (Å²) in [5.41, 5.74) is 8.01. The van der Waals surface area contributed by atoms with Crippen molar-refractivity contribution in [2.24, 2.45) is 10.4 Å². The van der Waals surface area contributed by atoms with Crippen LogP contribution in [0, 0.1) is 33.1 Å². The molecule has 2 saturated heterocycles. The number of thiophene rings is 1. The molecule has 4 N–H and O–H groups in total. The summed E-state index contributed by atoms with van der Waals surface area (Å²) in [4.78, 5) is 72.6. The normalized spacial score (nSPS) is 19.0. The number of carbonyl (C=O) groups excluding carboxylic acids is 4. The number of benzene rings is 2. The number of aliphatic imine (C=N–C) groups is 1. The number of likely N-dealkylation sites (tertiary alicyclic amines) is 1. The third-order valence-corrected chi connectivity index (χ3v) is 16.0. The van der Waals surface area contributed by atoms with Crippen LogP contribution in [0.5, 0.6) is 0 Å². The van der Waals surface area contributed by atoms with Gasteiger partial charge in [0.2, 0.25) is 23.6 Å². The first-order valence-corrected chi connectivity index (χ1v) is 26.1. The molecule has 4 amide bonds. The Kier molecular flexibility index (Phi) is 16.0. The van der Waals surface area contributed by atoms with Crippen LogP contribution in [-0.2, 0) is 25.7 Å². The van der Waals surface area contributed by atoms with Crippen molar-refractivity contribution in [3.05, 3.63) is 104 Å². The number of aliphatic hydroxyl groups excluding tert-OH is 1. The maximum atomic E-state index is 14.2. The van der Waals surface area contributed by atoms with Crippen molar-refractivity contribution in [2.45, 2.75) is 105 Å². The highest BCUT2D eigenvalue weighted by molar-refractivity contribution is 7.15. The maximum Gasteiger partial charge on any atom is 0.246 e. The van der Waals surface area contributed by atoms with Gasteiger partial charge >= 0.3 is 0 Å². The van der Waals surface area contributed by atoms with Crippen LogP contribution in [0.1, 0.15) is 97.0 Å². The fourth-order valence-electron chi connectivity index (χ4n) is 9.42. The number of aromatic nitrogens is 4. The molecule has 8 rings (SSSR count). The Hall–Kier alpha value is -5.37. The molecule has 2 aromatic carbocycles. The molecule has 19 heteroatoms. The van der Waals surface area contributed by atoms with Crippen LogP contribution in [0.4, 0.5) is 0 Å². The number of carbonyl (C=O) groups is 4. The van der Waals surface area contributed by atoms with Crippen molar-refractivity contribution in [1.82, 2.24) is 50.4 Å². The van der Waals surface area contributed by atoms with Gasteiger partial charge < -0.3 is 35.8 Å². The molecule has 3 aliphatic rings. The number of hydrogen-bond donors (Lipinski definition) is 4. The number of hydrogen-bond acceptors (Lipinski definition) is 13. The molecule has 0 saturated carbocycles. The summed E-state index contributed by atoms with van der Waals surface area (Å²) in [6, 6.07) is 13.3. The van der Waals surface area contributed by atoms with E-state index in [2.05, 4.69) is 59.3 Å². The van der Waals surface area contributed by atoms with Crippen LogP contribution in [0.25, 0.3) is 15.4 Å². The molecule has 5 aromatic rings. The number of nitrogens with zero attached hydrogens (tertiary/aromatic N) is 8. The second-order valence-corrected chi connectivity index (χ2v) is 22.2. The molecule has 4 atom stereocenters. The fraction of sp³-hybridized carbons (Fsp3) is 0.490. The molecule has 3 aromatic heterocycles. The zero-order valence-corrected chi connectivity index (χ0v) is 43.4. The van der Waals surface area contributed by atoms with E-state index in [9.17, 15) is 24.3 Å². The van der Waals surface area contributed by atoms with Crippen LogP contribution in [0.3, 0.4) is 0 Å². The van der Waals surface area contributed by atoms with Gasteiger partial charge in [0.1, 0.15) is 29.0 Å². The number of piperazine rings is 1. The van der Waals surface area contributed by atoms with Gasteiger partial charge in [-0.2, -0.15) is 0 Å². The molecule has 0 radical (unpaired) electrons. The lowest BCUT2D eigenvalue weighted by atomic mass is 9.85. The van der Waals surface area contributed by atoms with E-state index in [0.29, 0.717) is 23.9 Å². The molecular formula is C51H64ClN11O5S2. The minimum absolute atomic E-state index is 0.0159. The third-order valence-electron chi connectivity index (χ3n) is 13.5. The Bertz CT molecular complexity index is 2720. The number of fused-ring (bicyclic) bond motifs is 3. The fourth-order valence-corrected chi connectivity index (χ4v) is 11.6. The third kappa shape index (κ3) is 11.7. The molecule has 3 aliphatic heterocycles. The quantitative estimate of drug-likeness (QED) is 0.0861. The van der Waals surface area contributed by atoms with Crippen LogP contribution < -0.4 is 16.0 Å². The Morgan fingerprint density at radius 1 is 0.886 bits per heavy atom. The minimum atomic E-state index is -0.889. The topological polar surface area (TPSA) is 190 Å². The number of thiazole rings is 1. The number of rotatable bonds is 16. The average molecular weight is 1010 g/mol. The molecule has 0 spiro atoms. The predicted molar refractivity (Wildman–Crippen MR) is 275 cm³/mol. The standard InChI is InChI=1S/C51H64ClN11O5S2/c1-30-32(3)70-50-43(30)44(35-13-15-37(52)16-14-35)56-39(47-59-58-33(4)63(47)50)26-42(66)53-18-8-19-60-21-23-61(24-22-60)20-17-41(65)57-46(51(5,6)7)49(68)62-28-38(64)25-40(62)48(67)54-27-34-9-11-36(12-10-34)45-31(2)55-29-69-45/h9-16,29,38-40,46,64H,8,17-28H2,1-7H3,(H,53,66)(H,54,67)(H,57,65)/t38-,39+,40+,46-/m1/s1. The summed E-state index contributed by atoms with van der Waals surface area (Å²) in [7, 11) is 0. The highest BCUT2D eigenvalue weighted by Gasteiger charge is 2.44. The maximum absolute atomic E-state index is 14.2. The lowest BCUT2D eigenvalue weighted by Gasteiger charge is -2.36. The molecule has 0 bridgehead atoms. The molecule has 70 heavy (non-hydrogen) atoms. The second kappa shape index (κ2) is 22.0. The average Bonchev–Trinajstić information content (AvgIpc) is 4.10. The zero-order valence-electron chi connectivity index (χ0n) is 41.1. The van der Waals surface area contributed by atoms with Gasteiger partial charge in [-0.3, -0.25) is 28.7 Å². The predicted octanol–water partition coefficient (Wildman–Crippen LogP) is 5.94. The number of amides is 4. The van der Waals surface area contributed by atoms with E-state index in [1.54, 1.807) is 22.7 Å².